The second-order valence-corrected chi connectivity index (χ2v) is 28.0. The molecule has 1 aliphatic carbocycles. The van der Waals surface area contributed by atoms with E-state index >= 15 is 0 Å². The molecule has 0 bridgehead atoms. The molecule has 12 aromatic rings. The Labute approximate surface area is 453 Å². The van der Waals surface area contributed by atoms with Gasteiger partial charge in [0.1, 0.15) is 0 Å². The zero-order chi connectivity index (χ0) is 48.2. The minimum absolute atomic E-state index is 0.418. The number of thioether (sulfide) groups is 1. The first-order valence-electron chi connectivity index (χ1n) is 24.5. The highest BCUT2D eigenvalue weighted by Crippen LogP contribution is 2.57. The second kappa shape index (κ2) is 18.2. The second-order valence-electron chi connectivity index (χ2n) is 19.3. The molecule has 7 aromatic heterocycles. The van der Waals surface area contributed by atoms with E-state index in [0.29, 0.717) is 17.1 Å². The van der Waals surface area contributed by atoms with E-state index < -0.39 is 0 Å². The van der Waals surface area contributed by atoms with Crippen molar-refractivity contribution >= 4 is 134 Å². The highest BCUT2D eigenvalue weighted by atomic mass is 32.2. The van der Waals surface area contributed by atoms with E-state index in [1.54, 1.807) is 0 Å². The average Bonchev–Trinajstić information content (AvgIpc) is 4.25. The molecule has 1 aliphatic heterocycles. The molecule has 0 saturated heterocycles. The summed E-state index contributed by atoms with van der Waals surface area (Å²) in [5.74, 6) is 1.02. The van der Waals surface area contributed by atoms with Crippen LogP contribution in [0.5, 0.6) is 0 Å². The van der Waals surface area contributed by atoms with Gasteiger partial charge >= 0.3 is 0 Å². The van der Waals surface area contributed by atoms with Crippen LogP contribution in [0, 0.1) is 25.7 Å². The van der Waals surface area contributed by atoms with Gasteiger partial charge in [-0.2, -0.15) is 0 Å². The van der Waals surface area contributed by atoms with E-state index in [-0.39, 0.29) is 0 Å². The number of aryl methyl sites for hydroxylation is 2. The van der Waals surface area contributed by atoms with Crippen molar-refractivity contribution in [2.75, 3.05) is 0 Å². The third kappa shape index (κ3) is 7.93. The molecule has 3 unspecified atom stereocenters. The highest BCUT2D eigenvalue weighted by molar-refractivity contribution is 8.09. The number of hydrogen-bond acceptors (Lipinski definition) is 8. The highest BCUT2D eigenvalue weighted by Gasteiger charge is 2.31. The molecular formula is C64H46S8. The summed E-state index contributed by atoms with van der Waals surface area (Å²) in [6, 6.07) is 59.6. The summed E-state index contributed by atoms with van der Waals surface area (Å²) < 4.78 is 0. The van der Waals surface area contributed by atoms with Crippen LogP contribution in [0.1, 0.15) is 51.1 Å². The summed E-state index contributed by atoms with van der Waals surface area (Å²) in [6.45, 7) is 9.34. The fourth-order valence-corrected chi connectivity index (χ4v) is 20.8. The third-order valence-electron chi connectivity index (χ3n) is 14.3. The molecule has 72 heavy (non-hydrogen) atoms. The molecule has 0 N–H and O–H groups in total. The van der Waals surface area contributed by atoms with Crippen LogP contribution < -0.4 is 0 Å². The minimum Gasteiger partial charge on any atom is -0.138 e. The van der Waals surface area contributed by atoms with Gasteiger partial charge in [-0.3, -0.25) is 0 Å². The molecular weight excluding hydrogens is 1030 g/mol. The van der Waals surface area contributed by atoms with Crippen molar-refractivity contribution in [3.05, 3.63) is 202 Å². The van der Waals surface area contributed by atoms with Crippen molar-refractivity contribution in [1.82, 2.24) is 0 Å². The summed E-state index contributed by atoms with van der Waals surface area (Å²) in [6.07, 6.45) is 8.39. The predicted molar refractivity (Wildman–Crippen MR) is 327 cm³/mol. The molecule has 0 saturated carbocycles. The summed E-state index contributed by atoms with van der Waals surface area (Å²) in [4.78, 5) is 20.5. The van der Waals surface area contributed by atoms with Crippen molar-refractivity contribution in [3.8, 4) is 69.7 Å². The van der Waals surface area contributed by atoms with Crippen molar-refractivity contribution < 1.29 is 0 Å². The Balaban J connectivity index is 0.676. The zero-order valence-electron chi connectivity index (χ0n) is 39.9. The molecule has 14 rings (SSSR count). The van der Waals surface area contributed by atoms with Crippen molar-refractivity contribution in [2.24, 2.45) is 11.8 Å². The van der Waals surface area contributed by atoms with E-state index in [0.717, 1.165) is 6.42 Å². The molecule has 0 amide bonds. The Bertz CT molecular complexity index is 4090. The van der Waals surface area contributed by atoms with Gasteiger partial charge in [0.25, 0.3) is 0 Å². The third-order valence-corrected chi connectivity index (χ3v) is 25.1. The quantitative estimate of drug-likeness (QED) is 0.130. The number of hydrogen-bond donors (Lipinski definition) is 0. The number of allylic oxidation sites excluding steroid dienone is 2. The first kappa shape index (κ1) is 45.2. The molecule has 0 nitrogen and oxygen atoms in total. The lowest BCUT2D eigenvalue weighted by molar-refractivity contribution is 0.718. The van der Waals surface area contributed by atoms with E-state index in [1.807, 2.05) is 79.4 Å². The number of thiophene rings is 7. The van der Waals surface area contributed by atoms with E-state index in [2.05, 4.69) is 215 Å². The monoisotopic (exact) mass is 1070 g/mol. The van der Waals surface area contributed by atoms with Crippen LogP contribution in [-0.2, 0) is 6.42 Å². The average molecular weight is 1070 g/mol. The number of rotatable bonds is 9. The van der Waals surface area contributed by atoms with Gasteiger partial charge in [0, 0.05) is 84.3 Å². The maximum atomic E-state index is 2.53. The lowest BCUT2D eigenvalue weighted by Gasteiger charge is -2.20. The fourth-order valence-electron chi connectivity index (χ4n) is 10.8. The Morgan fingerprint density at radius 3 is 1.53 bits per heavy atom. The van der Waals surface area contributed by atoms with Gasteiger partial charge in [-0.25, -0.2) is 0 Å². The summed E-state index contributed by atoms with van der Waals surface area (Å²) in [5, 5.41) is 8.31. The number of benzene rings is 5. The van der Waals surface area contributed by atoms with Gasteiger partial charge < -0.3 is 0 Å². The molecule has 3 atom stereocenters. The Morgan fingerprint density at radius 1 is 0.417 bits per heavy atom. The van der Waals surface area contributed by atoms with Gasteiger partial charge in [0.15, 0.2) is 0 Å². The lowest BCUT2D eigenvalue weighted by atomic mass is 9.85. The van der Waals surface area contributed by atoms with E-state index in [1.165, 1.54) is 139 Å². The zero-order valence-corrected chi connectivity index (χ0v) is 46.5. The Hall–Kier alpha value is -5.39. The topological polar surface area (TPSA) is 0 Å². The normalized spacial score (nSPS) is 16.7. The van der Waals surface area contributed by atoms with Gasteiger partial charge in [-0.05, 0) is 166 Å². The molecule has 8 heterocycles. The first-order valence-corrected chi connectivity index (χ1v) is 31.1. The van der Waals surface area contributed by atoms with Crippen LogP contribution >= 0.6 is 91.1 Å². The molecule has 5 aromatic carbocycles. The largest absolute Gasteiger partial charge is 0.138 e. The molecule has 8 heteroatoms. The van der Waals surface area contributed by atoms with Gasteiger partial charge in [-0.1, -0.05) is 111 Å². The number of fused-ring (bicyclic) bond motifs is 4. The molecule has 2 aliphatic rings. The van der Waals surface area contributed by atoms with Gasteiger partial charge in [0.2, 0.25) is 0 Å². The molecule has 350 valence electrons. The summed E-state index contributed by atoms with van der Waals surface area (Å²) in [7, 11) is 0. The van der Waals surface area contributed by atoms with E-state index in [4.69, 9.17) is 0 Å². The van der Waals surface area contributed by atoms with Gasteiger partial charge in [-0.15, -0.1) is 91.1 Å². The standard InChI is InChI=1S/C64H46S8/c1-35-17-18-46-42(29-35)34-41-13-7-10-16-45(41)61(46)55-27-24-50(68-55)48-20-22-52(66-48)58-31-37(3)63(71-58)64-38(4)32-59(72-64)53-25-28-56(69-53)62-36(2)30-57(70-62)51-21-19-47(65-51)49-23-26-54(67-49)60-43-14-8-5-11-39(43)33-40-12-6-9-15-44(40)60/h5-28,30-35,38,64H,29H2,1-4H3. The predicted octanol–water partition coefficient (Wildman–Crippen LogP) is 22.5. The Morgan fingerprint density at radius 2 is 0.889 bits per heavy atom. The summed E-state index contributed by atoms with van der Waals surface area (Å²) in [5.41, 5.74) is 8.37. The van der Waals surface area contributed by atoms with Crippen molar-refractivity contribution in [2.45, 2.75) is 39.4 Å². The Kier molecular flexibility index (Phi) is 11.4. The lowest BCUT2D eigenvalue weighted by Crippen LogP contribution is -2.04. The maximum Gasteiger partial charge on any atom is 0.0502 e. The van der Waals surface area contributed by atoms with Gasteiger partial charge in [0.05, 0.1) is 5.25 Å². The van der Waals surface area contributed by atoms with Crippen LogP contribution in [0.15, 0.2) is 170 Å². The smallest absolute Gasteiger partial charge is 0.0502 e. The first-order chi connectivity index (χ1) is 35.3. The van der Waals surface area contributed by atoms with Crippen LogP contribution in [0.25, 0.3) is 113 Å². The van der Waals surface area contributed by atoms with Crippen LogP contribution in [0.4, 0.5) is 0 Å². The molecule has 0 fully saturated rings. The van der Waals surface area contributed by atoms with Crippen molar-refractivity contribution in [3.63, 3.8) is 0 Å². The SMILES string of the molecule is Cc1cc(-c2ccc(-c3ccc(-c4c5ccccc5cc5ccccc45)s3)s2)sc1-c1ccc(C2=CC(C)C(c3sc(-c4ccc(-c5ccc(-c6c7c(cc8ccccc68)CC(C)C=C7)s5)s4)cc3C)S2)s1. The minimum atomic E-state index is 0.418. The van der Waals surface area contributed by atoms with Crippen LogP contribution in [-0.4, -0.2) is 0 Å². The summed E-state index contributed by atoms with van der Waals surface area (Å²) >= 11 is 15.7. The molecule has 0 spiro atoms. The van der Waals surface area contributed by atoms with Crippen molar-refractivity contribution in [1.29, 1.82) is 0 Å². The van der Waals surface area contributed by atoms with Crippen LogP contribution in [0.3, 0.4) is 0 Å². The molecule has 0 radical (unpaired) electrons. The van der Waals surface area contributed by atoms with E-state index in [9.17, 15) is 0 Å². The van der Waals surface area contributed by atoms with Crippen LogP contribution in [0.2, 0.25) is 0 Å². The maximum absolute atomic E-state index is 2.53. The fraction of sp³-hybridized carbons (Fsp3) is 0.125.